The molecule has 6 heteroatoms. The monoisotopic (exact) mass is 383 g/mol. The Morgan fingerprint density at radius 2 is 1.78 bits per heavy atom. The molecule has 2 unspecified atom stereocenters. The third-order valence-electron chi connectivity index (χ3n) is 4.48. The number of benzene rings is 2. The van der Waals surface area contributed by atoms with Crippen LogP contribution in [0, 0.1) is 0 Å². The predicted molar refractivity (Wildman–Crippen MR) is 112 cm³/mol. The van der Waals surface area contributed by atoms with Crippen molar-refractivity contribution in [3.05, 3.63) is 64.4 Å². The van der Waals surface area contributed by atoms with Crippen LogP contribution in [0.25, 0.3) is 22.3 Å². The van der Waals surface area contributed by atoms with Crippen LogP contribution in [0.4, 0.5) is 0 Å². The minimum atomic E-state index is -1.22. The van der Waals surface area contributed by atoms with E-state index in [9.17, 15) is 9.35 Å². The molecule has 0 bridgehead atoms. The van der Waals surface area contributed by atoms with Crippen molar-refractivity contribution < 1.29 is 4.55 Å². The van der Waals surface area contributed by atoms with Crippen molar-refractivity contribution in [2.45, 2.75) is 38.5 Å². The van der Waals surface area contributed by atoms with Crippen LogP contribution in [0.15, 0.2) is 53.3 Å². The molecule has 142 valence electrons. The van der Waals surface area contributed by atoms with Gasteiger partial charge < -0.3 is 4.55 Å². The van der Waals surface area contributed by atoms with E-state index < -0.39 is 11.4 Å². The molecule has 5 nitrogen and oxygen atoms in total. The van der Waals surface area contributed by atoms with Gasteiger partial charge in [-0.25, -0.2) is 4.98 Å². The van der Waals surface area contributed by atoms with Gasteiger partial charge in [-0.3, -0.25) is 9.36 Å². The molecule has 1 heterocycles. The van der Waals surface area contributed by atoms with Gasteiger partial charge in [-0.15, -0.1) is 4.72 Å². The average molecular weight is 384 g/mol. The second-order valence-electron chi connectivity index (χ2n) is 7.63. The lowest BCUT2D eigenvalue weighted by Crippen LogP contribution is -2.40. The van der Waals surface area contributed by atoms with Crippen LogP contribution in [-0.4, -0.2) is 18.9 Å². The summed E-state index contributed by atoms with van der Waals surface area (Å²) in [5.74, 6) is 0.615. The topological polar surface area (TPSA) is 70.0 Å². The van der Waals surface area contributed by atoms with Crippen molar-refractivity contribution in [3.8, 4) is 11.4 Å². The van der Waals surface area contributed by atoms with Crippen molar-refractivity contribution in [2.75, 3.05) is 0 Å². The van der Waals surface area contributed by atoms with E-state index in [-0.39, 0.29) is 16.3 Å². The highest BCUT2D eigenvalue weighted by Gasteiger charge is 2.29. The maximum absolute atomic E-state index is 12.9. The molecule has 0 amide bonds. The number of para-hydroxylation sites is 1. The SMILES string of the molecule is CC(N[S+]([O-])C(C)(C)C)c1cccc2c(=O)n(C)c(-c3ccccc3)nc12. The molecule has 0 aliphatic heterocycles. The molecule has 0 aliphatic carbocycles. The summed E-state index contributed by atoms with van der Waals surface area (Å²) in [6.07, 6.45) is 0. The average Bonchev–Trinajstić information content (AvgIpc) is 2.64. The van der Waals surface area contributed by atoms with Crippen molar-refractivity contribution in [1.29, 1.82) is 0 Å². The molecular formula is C21H25N3O2S. The summed E-state index contributed by atoms with van der Waals surface area (Å²) >= 11 is -1.22. The summed E-state index contributed by atoms with van der Waals surface area (Å²) in [6.45, 7) is 7.72. The molecule has 0 saturated carbocycles. The van der Waals surface area contributed by atoms with Gasteiger partial charge in [-0.05, 0) is 39.3 Å². The van der Waals surface area contributed by atoms with Gasteiger partial charge in [0.1, 0.15) is 10.6 Å². The molecule has 0 radical (unpaired) electrons. The molecule has 0 spiro atoms. The zero-order valence-corrected chi connectivity index (χ0v) is 17.1. The van der Waals surface area contributed by atoms with E-state index in [0.29, 0.717) is 16.7 Å². The standard InChI is InChI=1S/C21H25N3O2S/c1-14(23-27(26)21(2,3)4)16-12-9-13-17-18(16)22-19(24(5)20(17)25)15-10-7-6-8-11-15/h6-14,23H,1-5H3. The largest absolute Gasteiger partial charge is 0.598 e. The lowest BCUT2D eigenvalue weighted by Gasteiger charge is -2.27. The zero-order chi connectivity index (χ0) is 19.8. The van der Waals surface area contributed by atoms with Crippen LogP contribution in [-0.2, 0) is 18.4 Å². The van der Waals surface area contributed by atoms with Gasteiger partial charge in [0, 0.05) is 24.0 Å². The van der Waals surface area contributed by atoms with Gasteiger partial charge in [0.2, 0.25) is 0 Å². The Morgan fingerprint density at radius 1 is 1.11 bits per heavy atom. The summed E-state index contributed by atoms with van der Waals surface area (Å²) in [5, 5.41) is 0.560. The smallest absolute Gasteiger partial charge is 0.261 e. The summed E-state index contributed by atoms with van der Waals surface area (Å²) in [4.78, 5) is 17.7. The summed E-state index contributed by atoms with van der Waals surface area (Å²) < 4.78 is 16.9. The minimum absolute atomic E-state index is 0.0927. The van der Waals surface area contributed by atoms with E-state index >= 15 is 0 Å². The van der Waals surface area contributed by atoms with Crippen LogP contribution >= 0.6 is 0 Å². The molecule has 0 aliphatic rings. The summed E-state index contributed by atoms with van der Waals surface area (Å²) in [6, 6.07) is 15.0. The number of fused-ring (bicyclic) bond motifs is 1. The number of nitrogens with zero attached hydrogens (tertiary/aromatic N) is 2. The van der Waals surface area contributed by atoms with E-state index in [0.717, 1.165) is 11.1 Å². The molecule has 0 saturated heterocycles. The van der Waals surface area contributed by atoms with Gasteiger partial charge in [0.15, 0.2) is 0 Å². The van der Waals surface area contributed by atoms with Gasteiger partial charge in [0.25, 0.3) is 5.56 Å². The predicted octanol–water partition coefficient (Wildman–Crippen LogP) is 3.71. The van der Waals surface area contributed by atoms with Gasteiger partial charge in [-0.2, -0.15) is 0 Å². The van der Waals surface area contributed by atoms with Crippen LogP contribution in [0.1, 0.15) is 39.3 Å². The maximum atomic E-state index is 12.9. The fraction of sp³-hybridized carbons (Fsp3) is 0.333. The number of nitrogens with one attached hydrogen (secondary N) is 1. The molecule has 27 heavy (non-hydrogen) atoms. The third kappa shape index (κ3) is 3.93. The van der Waals surface area contributed by atoms with Gasteiger partial charge in [-0.1, -0.05) is 42.5 Å². The van der Waals surface area contributed by atoms with E-state index in [1.165, 1.54) is 0 Å². The number of hydrogen-bond acceptors (Lipinski definition) is 4. The molecule has 3 aromatic rings. The summed E-state index contributed by atoms with van der Waals surface area (Å²) in [5.41, 5.74) is 2.29. The Balaban J connectivity index is 2.15. The number of rotatable bonds is 4. The second-order valence-corrected chi connectivity index (χ2v) is 9.63. The molecule has 3 rings (SSSR count). The second kappa shape index (κ2) is 7.46. The maximum Gasteiger partial charge on any atom is 0.261 e. The van der Waals surface area contributed by atoms with Crippen LogP contribution < -0.4 is 10.3 Å². The van der Waals surface area contributed by atoms with E-state index in [1.54, 1.807) is 17.7 Å². The molecule has 0 fully saturated rings. The molecule has 1 aromatic heterocycles. The van der Waals surface area contributed by atoms with Gasteiger partial charge in [0.05, 0.1) is 16.9 Å². The Hall–Kier alpha value is -2.15. The van der Waals surface area contributed by atoms with Crippen molar-refractivity contribution >= 4 is 22.3 Å². The fourth-order valence-electron chi connectivity index (χ4n) is 2.91. The number of hydrogen-bond donors (Lipinski definition) is 1. The van der Waals surface area contributed by atoms with Crippen molar-refractivity contribution in [2.24, 2.45) is 7.05 Å². The first-order valence-corrected chi connectivity index (χ1v) is 10.1. The highest BCUT2D eigenvalue weighted by atomic mass is 32.2. The quantitative estimate of drug-likeness (QED) is 0.697. The van der Waals surface area contributed by atoms with Crippen LogP contribution in [0.2, 0.25) is 0 Å². The van der Waals surface area contributed by atoms with E-state index in [1.807, 2.05) is 70.2 Å². The van der Waals surface area contributed by atoms with Crippen LogP contribution in [0.3, 0.4) is 0 Å². The first kappa shape index (κ1) is 19.6. The fourth-order valence-corrected chi connectivity index (χ4v) is 3.71. The Labute approximate surface area is 162 Å². The van der Waals surface area contributed by atoms with Crippen molar-refractivity contribution in [3.63, 3.8) is 0 Å². The number of aromatic nitrogens is 2. The van der Waals surface area contributed by atoms with E-state index in [2.05, 4.69) is 4.72 Å². The van der Waals surface area contributed by atoms with Gasteiger partial charge >= 0.3 is 0 Å². The zero-order valence-electron chi connectivity index (χ0n) is 16.3. The molecule has 2 atom stereocenters. The normalized spacial score (nSPS) is 14.3. The highest BCUT2D eigenvalue weighted by molar-refractivity contribution is 7.90. The first-order chi connectivity index (χ1) is 12.7. The van der Waals surface area contributed by atoms with Crippen LogP contribution in [0.5, 0.6) is 0 Å². The molecule has 1 N–H and O–H groups in total. The Bertz CT molecular complexity index is 1010. The third-order valence-corrected chi connectivity index (χ3v) is 6.16. The first-order valence-electron chi connectivity index (χ1n) is 8.93. The Kier molecular flexibility index (Phi) is 5.42. The van der Waals surface area contributed by atoms with Crippen molar-refractivity contribution in [1.82, 2.24) is 14.3 Å². The molecule has 2 aromatic carbocycles. The minimum Gasteiger partial charge on any atom is -0.598 e. The lowest BCUT2D eigenvalue weighted by molar-refractivity contribution is 0.531. The highest BCUT2D eigenvalue weighted by Crippen LogP contribution is 2.26. The van der Waals surface area contributed by atoms with E-state index in [4.69, 9.17) is 4.98 Å². The summed E-state index contributed by atoms with van der Waals surface area (Å²) in [7, 11) is 1.74. The molecular weight excluding hydrogens is 358 g/mol. The Morgan fingerprint density at radius 3 is 2.41 bits per heavy atom. The lowest BCUT2D eigenvalue weighted by atomic mass is 10.0.